The Morgan fingerprint density at radius 2 is 2.22 bits per heavy atom. The summed E-state index contributed by atoms with van der Waals surface area (Å²) in [5.41, 5.74) is 5.70. The van der Waals surface area contributed by atoms with Crippen molar-refractivity contribution < 1.29 is 4.39 Å². The molecule has 0 saturated heterocycles. The fraction of sp³-hybridized carbons (Fsp3) is 0.429. The van der Waals surface area contributed by atoms with Crippen molar-refractivity contribution in [2.75, 3.05) is 0 Å². The number of hydrogen-bond acceptors (Lipinski definition) is 1. The lowest BCUT2D eigenvalue weighted by atomic mass is 10.3. The van der Waals surface area contributed by atoms with E-state index in [0.29, 0.717) is 12.1 Å². The van der Waals surface area contributed by atoms with Gasteiger partial charge >= 0.3 is 0 Å². The van der Waals surface area contributed by atoms with Crippen molar-refractivity contribution in [2.24, 2.45) is 5.73 Å². The van der Waals surface area contributed by atoms with Gasteiger partial charge in [-0.3, -0.25) is 0 Å². The van der Waals surface area contributed by atoms with Crippen LogP contribution in [0.2, 0.25) is 0 Å². The Labute approximate surface area is 55.1 Å². The van der Waals surface area contributed by atoms with Crippen molar-refractivity contribution in [2.45, 2.75) is 20.3 Å². The predicted octanol–water partition coefficient (Wildman–Crippen LogP) is 2.11. The molecule has 52 valence electrons. The molecule has 2 N–H and O–H groups in total. The highest BCUT2D eigenvalue weighted by Crippen LogP contribution is 2.00. The molecular formula is C7H12FN. The summed E-state index contributed by atoms with van der Waals surface area (Å²) < 4.78 is 12.4. The number of allylic oxidation sites excluding steroid dienone is 4. The zero-order valence-corrected chi connectivity index (χ0v) is 5.82. The van der Waals surface area contributed by atoms with Crippen LogP contribution in [0.4, 0.5) is 4.39 Å². The molecule has 0 rings (SSSR count). The van der Waals surface area contributed by atoms with Crippen LogP contribution in [0, 0.1) is 0 Å². The van der Waals surface area contributed by atoms with Crippen molar-refractivity contribution in [3.63, 3.8) is 0 Å². The highest BCUT2D eigenvalue weighted by molar-refractivity contribution is 5.14. The SMILES string of the molecule is CC/C=C(F)\C=C(/C)N. The van der Waals surface area contributed by atoms with Crippen LogP contribution in [-0.4, -0.2) is 0 Å². The molecule has 0 aliphatic carbocycles. The van der Waals surface area contributed by atoms with Gasteiger partial charge in [-0.05, 0) is 25.5 Å². The summed E-state index contributed by atoms with van der Waals surface area (Å²) in [6.45, 7) is 3.53. The first-order valence-electron chi connectivity index (χ1n) is 2.96. The van der Waals surface area contributed by atoms with Crippen LogP contribution in [0.15, 0.2) is 23.7 Å². The van der Waals surface area contributed by atoms with Crippen LogP contribution >= 0.6 is 0 Å². The number of rotatable bonds is 2. The van der Waals surface area contributed by atoms with Crippen molar-refractivity contribution in [1.82, 2.24) is 0 Å². The van der Waals surface area contributed by atoms with Crippen LogP contribution < -0.4 is 5.73 Å². The zero-order valence-electron chi connectivity index (χ0n) is 5.82. The minimum atomic E-state index is -0.252. The second-order valence-electron chi connectivity index (χ2n) is 1.89. The molecule has 0 radical (unpaired) electrons. The van der Waals surface area contributed by atoms with E-state index >= 15 is 0 Å². The van der Waals surface area contributed by atoms with Crippen LogP contribution in [0.25, 0.3) is 0 Å². The molecule has 0 aromatic rings. The highest BCUT2D eigenvalue weighted by Gasteiger charge is 1.84. The third kappa shape index (κ3) is 5.07. The topological polar surface area (TPSA) is 26.0 Å². The molecule has 0 saturated carbocycles. The van der Waals surface area contributed by atoms with Gasteiger partial charge in [-0.15, -0.1) is 0 Å². The van der Waals surface area contributed by atoms with Crippen LogP contribution in [0.5, 0.6) is 0 Å². The van der Waals surface area contributed by atoms with Gasteiger partial charge in [-0.2, -0.15) is 0 Å². The van der Waals surface area contributed by atoms with Gasteiger partial charge in [0.15, 0.2) is 0 Å². The summed E-state index contributed by atoms with van der Waals surface area (Å²) in [4.78, 5) is 0. The molecular weight excluding hydrogens is 117 g/mol. The predicted molar refractivity (Wildman–Crippen MR) is 37.4 cm³/mol. The second kappa shape index (κ2) is 4.13. The smallest absolute Gasteiger partial charge is 0.120 e. The average molecular weight is 129 g/mol. The van der Waals surface area contributed by atoms with E-state index in [4.69, 9.17) is 5.73 Å². The molecule has 0 heterocycles. The maximum atomic E-state index is 12.4. The molecule has 0 spiro atoms. The van der Waals surface area contributed by atoms with Crippen LogP contribution in [-0.2, 0) is 0 Å². The third-order valence-electron chi connectivity index (χ3n) is 0.765. The fourth-order valence-corrected chi connectivity index (χ4v) is 0.471. The number of hydrogen-bond donors (Lipinski definition) is 1. The summed E-state index contributed by atoms with van der Waals surface area (Å²) in [5, 5.41) is 0. The zero-order chi connectivity index (χ0) is 7.28. The fourth-order valence-electron chi connectivity index (χ4n) is 0.471. The Bertz CT molecular complexity index is 132. The van der Waals surface area contributed by atoms with Crippen LogP contribution in [0.1, 0.15) is 20.3 Å². The normalized spacial score (nSPS) is 14.1. The molecule has 0 atom stereocenters. The minimum Gasteiger partial charge on any atom is -0.402 e. The van der Waals surface area contributed by atoms with E-state index in [1.807, 2.05) is 6.92 Å². The molecule has 0 amide bonds. The minimum absolute atomic E-state index is 0.252. The van der Waals surface area contributed by atoms with E-state index < -0.39 is 0 Å². The van der Waals surface area contributed by atoms with E-state index in [9.17, 15) is 4.39 Å². The first-order chi connectivity index (χ1) is 4.16. The first kappa shape index (κ1) is 8.21. The van der Waals surface area contributed by atoms with Crippen molar-refractivity contribution in [3.8, 4) is 0 Å². The van der Waals surface area contributed by atoms with E-state index in [1.165, 1.54) is 12.2 Å². The molecule has 9 heavy (non-hydrogen) atoms. The lowest BCUT2D eigenvalue weighted by Crippen LogP contribution is -1.89. The molecule has 0 fully saturated rings. The summed E-state index contributed by atoms with van der Waals surface area (Å²) in [5.74, 6) is -0.252. The number of halogens is 1. The summed E-state index contributed by atoms with van der Waals surface area (Å²) in [6, 6.07) is 0. The molecule has 1 nitrogen and oxygen atoms in total. The molecule has 0 bridgehead atoms. The maximum Gasteiger partial charge on any atom is 0.120 e. The second-order valence-corrected chi connectivity index (χ2v) is 1.89. The standard InChI is InChI=1S/C7H12FN/c1-3-4-7(8)5-6(2)9/h4-5H,3,9H2,1-2H3/b6-5+,7-4+. The van der Waals surface area contributed by atoms with Gasteiger partial charge in [0.1, 0.15) is 5.83 Å². The molecule has 0 aliphatic heterocycles. The van der Waals surface area contributed by atoms with Crippen molar-refractivity contribution in [1.29, 1.82) is 0 Å². The maximum absolute atomic E-state index is 12.4. The van der Waals surface area contributed by atoms with Crippen molar-refractivity contribution in [3.05, 3.63) is 23.7 Å². The Hall–Kier alpha value is -0.790. The Morgan fingerprint density at radius 3 is 2.56 bits per heavy atom. The number of nitrogens with two attached hydrogens (primary N) is 1. The van der Waals surface area contributed by atoms with Crippen molar-refractivity contribution >= 4 is 0 Å². The Morgan fingerprint density at radius 1 is 1.67 bits per heavy atom. The van der Waals surface area contributed by atoms with E-state index in [-0.39, 0.29) is 5.83 Å². The summed E-state index contributed by atoms with van der Waals surface area (Å²) in [7, 11) is 0. The van der Waals surface area contributed by atoms with E-state index in [2.05, 4.69) is 0 Å². The average Bonchev–Trinajstić information content (AvgIpc) is 1.63. The molecule has 2 heteroatoms. The van der Waals surface area contributed by atoms with Gasteiger partial charge in [0.05, 0.1) is 0 Å². The van der Waals surface area contributed by atoms with E-state index in [1.54, 1.807) is 6.92 Å². The van der Waals surface area contributed by atoms with Gasteiger partial charge < -0.3 is 5.73 Å². The lowest BCUT2D eigenvalue weighted by molar-refractivity contribution is 0.659. The monoisotopic (exact) mass is 129 g/mol. The van der Waals surface area contributed by atoms with Gasteiger partial charge in [-0.25, -0.2) is 4.39 Å². The quantitative estimate of drug-likeness (QED) is 0.568. The molecule has 0 aromatic carbocycles. The molecule has 0 aromatic heterocycles. The third-order valence-corrected chi connectivity index (χ3v) is 0.765. The lowest BCUT2D eigenvalue weighted by Gasteiger charge is -1.87. The van der Waals surface area contributed by atoms with E-state index in [0.717, 1.165) is 0 Å². The summed E-state index contributed by atoms with van der Waals surface area (Å²) in [6.07, 6.45) is 3.50. The van der Waals surface area contributed by atoms with Gasteiger partial charge in [0.2, 0.25) is 0 Å². The van der Waals surface area contributed by atoms with Crippen LogP contribution in [0.3, 0.4) is 0 Å². The van der Waals surface area contributed by atoms with Gasteiger partial charge in [0.25, 0.3) is 0 Å². The van der Waals surface area contributed by atoms with Gasteiger partial charge in [0, 0.05) is 5.70 Å². The first-order valence-corrected chi connectivity index (χ1v) is 2.96. The Balaban J connectivity index is 3.90. The molecule has 0 unspecified atom stereocenters. The largest absolute Gasteiger partial charge is 0.402 e. The Kier molecular flexibility index (Phi) is 3.76. The molecule has 0 aliphatic rings. The summed E-state index contributed by atoms with van der Waals surface area (Å²) >= 11 is 0. The van der Waals surface area contributed by atoms with Gasteiger partial charge in [-0.1, -0.05) is 6.92 Å². The highest BCUT2D eigenvalue weighted by atomic mass is 19.1.